The molecular weight excluding hydrogens is 284 g/mol. The largest absolute Gasteiger partial charge is 0.462 e. The molecule has 0 unspecified atom stereocenters. The Hall–Kier alpha value is -2.76. The van der Waals surface area contributed by atoms with Crippen LogP contribution in [0.2, 0.25) is 0 Å². The van der Waals surface area contributed by atoms with Crippen LogP contribution in [-0.2, 0) is 14.3 Å². The van der Waals surface area contributed by atoms with Gasteiger partial charge in [0.1, 0.15) is 0 Å². The van der Waals surface area contributed by atoms with Crippen molar-refractivity contribution in [1.82, 2.24) is 10.2 Å². The molecule has 0 saturated carbocycles. The topological polar surface area (TPSA) is 78.4 Å². The second-order valence-electron chi connectivity index (χ2n) is 4.36. The minimum Gasteiger partial charge on any atom is -0.462 e. The number of carbonyl (C=O) groups excluding carboxylic acids is 2. The predicted octanol–water partition coefficient (Wildman–Crippen LogP) is 2.38. The first-order valence-electron chi connectivity index (χ1n) is 6.89. The molecule has 6 heteroatoms. The van der Waals surface area contributed by atoms with Gasteiger partial charge in [0.15, 0.2) is 5.69 Å². The minimum atomic E-state index is -0.652. The Kier molecular flexibility index (Phi) is 4.83. The molecule has 2 aromatic rings. The molecule has 0 aliphatic carbocycles. The van der Waals surface area contributed by atoms with Crippen LogP contribution in [0.5, 0.6) is 0 Å². The monoisotopic (exact) mass is 300 g/mol. The molecule has 0 aliphatic heterocycles. The summed E-state index contributed by atoms with van der Waals surface area (Å²) in [5.41, 5.74) is 0.855. The predicted molar refractivity (Wildman–Crippen MR) is 81.2 cm³/mol. The molecule has 1 aromatic carbocycles. The van der Waals surface area contributed by atoms with Crippen molar-refractivity contribution in [2.24, 2.45) is 0 Å². The summed E-state index contributed by atoms with van der Waals surface area (Å²) in [4.78, 5) is 24.1. The van der Waals surface area contributed by atoms with Gasteiger partial charge >= 0.3 is 11.9 Å². The number of hydrogen-bond acceptors (Lipinski definition) is 6. The standard InChI is InChI=1S/C16H16N2O4/c1-4-21-15(19)10(3)13-11-8-6-7-9-12(11)17-18-14(13)16(20)22-5-2/h6-9H,3-5H2,1-2H3. The molecule has 1 heterocycles. The van der Waals surface area contributed by atoms with Gasteiger partial charge in [-0.05, 0) is 19.9 Å². The summed E-state index contributed by atoms with van der Waals surface area (Å²) < 4.78 is 9.94. The zero-order valence-corrected chi connectivity index (χ0v) is 12.5. The van der Waals surface area contributed by atoms with Crippen LogP contribution in [-0.4, -0.2) is 35.3 Å². The minimum absolute atomic E-state index is 0.0430. The first-order valence-corrected chi connectivity index (χ1v) is 6.89. The first kappa shape index (κ1) is 15.6. The van der Waals surface area contributed by atoms with Gasteiger partial charge < -0.3 is 9.47 Å². The molecule has 1 aromatic heterocycles. The summed E-state index contributed by atoms with van der Waals surface area (Å²) in [6, 6.07) is 7.05. The number of fused-ring (bicyclic) bond motifs is 1. The van der Waals surface area contributed by atoms with Crippen molar-refractivity contribution in [3.05, 3.63) is 42.1 Å². The van der Waals surface area contributed by atoms with Gasteiger partial charge in [-0.2, -0.15) is 0 Å². The molecule has 2 rings (SSSR count). The van der Waals surface area contributed by atoms with Crippen molar-refractivity contribution in [1.29, 1.82) is 0 Å². The van der Waals surface area contributed by atoms with Crippen LogP contribution >= 0.6 is 0 Å². The van der Waals surface area contributed by atoms with Crippen LogP contribution in [0.25, 0.3) is 16.5 Å². The van der Waals surface area contributed by atoms with Gasteiger partial charge in [0.25, 0.3) is 0 Å². The normalized spacial score (nSPS) is 10.3. The van der Waals surface area contributed by atoms with Crippen LogP contribution in [0.15, 0.2) is 30.8 Å². The lowest BCUT2D eigenvalue weighted by Gasteiger charge is -2.12. The van der Waals surface area contributed by atoms with E-state index in [2.05, 4.69) is 16.8 Å². The van der Waals surface area contributed by atoms with Crippen molar-refractivity contribution in [3.8, 4) is 0 Å². The summed E-state index contributed by atoms with van der Waals surface area (Å²) in [6.45, 7) is 7.53. The molecule has 114 valence electrons. The molecule has 0 radical (unpaired) electrons. The quantitative estimate of drug-likeness (QED) is 0.623. The Labute approximate surface area is 127 Å². The van der Waals surface area contributed by atoms with E-state index < -0.39 is 11.9 Å². The Balaban J connectivity index is 2.65. The molecular formula is C16H16N2O4. The SMILES string of the molecule is C=C(C(=O)OCC)c1c(C(=O)OCC)nnc2ccccc12. The molecule has 22 heavy (non-hydrogen) atoms. The van der Waals surface area contributed by atoms with Crippen LogP contribution in [0.4, 0.5) is 0 Å². The van der Waals surface area contributed by atoms with Crippen molar-refractivity contribution in [2.45, 2.75) is 13.8 Å². The number of rotatable bonds is 5. The summed E-state index contributed by atoms with van der Waals surface area (Å²) in [5.74, 6) is -1.26. The Morgan fingerprint density at radius 2 is 1.77 bits per heavy atom. The van der Waals surface area contributed by atoms with Crippen LogP contribution in [0.3, 0.4) is 0 Å². The van der Waals surface area contributed by atoms with Gasteiger partial charge in [0.2, 0.25) is 0 Å². The number of aromatic nitrogens is 2. The number of carbonyl (C=O) groups is 2. The highest BCUT2D eigenvalue weighted by atomic mass is 16.5. The van der Waals surface area contributed by atoms with E-state index in [0.717, 1.165) is 0 Å². The van der Waals surface area contributed by atoms with E-state index >= 15 is 0 Å². The van der Waals surface area contributed by atoms with Gasteiger partial charge in [-0.25, -0.2) is 9.59 Å². The maximum absolute atomic E-state index is 12.1. The number of ether oxygens (including phenoxy) is 2. The summed E-state index contributed by atoms with van der Waals surface area (Å²) >= 11 is 0. The Morgan fingerprint density at radius 1 is 1.09 bits per heavy atom. The summed E-state index contributed by atoms with van der Waals surface area (Å²) in [7, 11) is 0. The highest BCUT2D eigenvalue weighted by Crippen LogP contribution is 2.26. The Morgan fingerprint density at radius 3 is 2.45 bits per heavy atom. The third kappa shape index (κ3) is 2.95. The third-order valence-corrected chi connectivity index (χ3v) is 2.96. The van der Waals surface area contributed by atoms with Gasteiger partial charge in [-0.1, -0.05) is 24.8 Å². The maximum Gasteiger partial charge on any atom is 0.359 e. The molecule has 0 amide bonds. The second-order valence-corrected chi connectivity index (χ2v) is 4.36. The summed E-state index contributed by atoms with van der Waals surface area (Å²) in [6.07, 6.45) is 0. The summed E-state index contributed by atoms with van der Waals surface area (Å²) in [5, 5.41) is 8.48. The highest BCUT2D eigenvalue weighted by Gasteiger charge is 2.24. The van der Waals surface area contributed by atoms with Crippen molar-refractivity contribution >= 4 is 28.4 Å². The molecule has 0 bridgehead atoms. The number of nitrogens with zero attached hydrogens (tertiary/aromatic N) is 2. The fourth-order valence-corrected chi connectivity index (χ4v) is 2.02. The third-order valence-electron chi connectivity index (χ3n) is 2.96. The van der Waals surface area contributed by atoms with Crippen molar-refractivity contribution in [3.63, 3.8) is 0 Å². The van der Waals surface area contributed by atoms with E-state index in [0.29, 0.717) is 16.5 Å². The van der Waals surface area contributed by atoms with E-state index in [1.807, 2.05) is 0 Å². The van der Waals surface area contributed by atoms with Gasteiger partial charge in [-0.15, -0.1) is 10.2 Å². The molecule has 0 aliphatic rings. The van der Waals surface area contributed by atoms with E-state index in [1.165, 1.54) is 0 Å². The van der Waals surface area contributed by atoms with Gasteiger partial charge in [0.05, 0.1) is 24.3 Å². The van der Waals surface area contributed by atoms with E-state index in [9.17, 15) is 9.59 Å². The molecule has 0 atom stereocenters. The van der Waals surface area contributed by atoms with Crippen LogP contribution in [0, 0.1) is 0 Å². The fraction of sp³-hybridized carbons (Fsp3) is 0.250. The molecule has 0 spiro atoms. The zero-order chi connectivity index (χ0) is 16.1. The van der Waals surface area contributed by atoms with E-state index in [1.54, 1.807) is 38.1 Å². The lowest BCUT2D eigenvalue weighted by molar-refractivity contribution is -0.136. The number of hydrogen-bond donors (Lipinski definition) is 0. The average molecular weight is 300 g/mol. The van der Waals surface area contributed by atoms with E-state index in [-0.39, 0.29) is 24.5 Å². The Bertz CT molecular complexity index is 740. The lowest BCUT2D eigenvalue weighted by Crippen LogP contribution is -2.15. The zero-order valence-electron chi connectivity index (χ0n) is 12.5. The van der Waals surface area contributed by atoms with Crippen LogP contribution in [0.1, 0.15) is 29.9 Å². The van der Waals surface area contributed by atoms with Gasteiger partial charge in [0, 0.05) is 10.9 Å². The van der Waals surface area contributed by atoms with Crippen molar-refractivity contribution < 1.29 is 19.1 Å². The number of benzene rings is 1. The average Bonchev–Trinajstić information content (AvgIpc) is 2.53. The smallest absolute Gasteiger partial charge is 0.359 e. The van der Waals surface area contributed by atoms with Crippen molar-refractivity contribution in [2.75, 3.05) is 13.2 Å². The van der Waals surface area contributed by atoms with E-state index in [4.69, 9.17) is 9.47 Å². The fourth-order valence-electron chi connectivity index (χ4n) is 2.02. The van der Waals surface area contributed by atoms with Crippen LogP contribution < -0.4 is 0 Å². The lowest BCUT2D eigenvalue weighted by atomic mass is 10.0. The maximum atomic E-state index is 12.1. The van der Waals surface area contributed by atoms with Gasteiger partial charge in [-0.3, -0.25) is 0 Å². The number of esters is 2. The molecule has 6 nitrogen and oxygen atoms in total. The first-order chi connectivity index (χ1) is 10.6. The molecule has 0 fully saturated rings. The second kappa shape index (κ2) is 6.80. The molecule has 0 saturated heterocycles. The molecule has 0 N–H and O–H groups in total. The highest BCUT2D eigenvalue weighted by molar-refractivity contribution is 6.21.